The van der Waals surface area contributed by atoms with E-state index < -0.39 is 10.0 Å². The summed E-state index contributed by atoms with van der Waals surface area (Å²) in [5.74, 6) is 0. The largest absolute Gasteiger partial charge is 0.266 e. The van der Waals surface area contributed by atoms with Gasteiger partial charge in [0, 0.05) is 23.4 Å². The molecule has 1 aromatic carbocycles. The third-order valence-electron chi connectivity index (χ3n) is 3.59. The smallest absolute Gasteiger partial charge is 0.265 e. The van der Waals surface area contributed by atoms with Crippen molar-refractivity contribution in [2.24, 2.45) is 0 Å². The molecule has 0 fully saturated rings. The van der Waals surface area contributed by atoms with Gasteiger partial charge in [-0.25, -0.2) is 8.42 Å². The van der Waals surface area contributed by atoms with E-state index in [0.717, 1.165) is 30.5 Å². The van der Waals surface area contributed by atoms with E-state index in [1.165, 1.54) is 10.5 Å². The molecule has 0 unspecified atom stereocenters. The Bertz CT molecular complexity index is 762. The molecule has 3 rings (SSSR count). The lowest BCUT2D eigenvalue weighted by molar-refractivity contribution is 0.589. The first-order valence-corrected chi connectivity index (χ1v) is 9.03. The second kappa shape index (κ2) is 5.77. The van der Waals surface area contributed by atoms with Crippen LogP contribution in [0.3, 0.4) is 0 Å². The molecular weight excluding hydrogens is 352 g/mol. The van der Waals surface area contributed by atoms with Crippen molar-refractivity contribution >= 4 is 31.6 Å². The molecule has 2 aromatic rings. The number of hydrogen-bond donors (Lipinski definition) is 0. The summed E-state index contributed by atoms with van der Waals surface area (Å²) in [6.07, 6.45) is 5.75. The minimum absolute atomic E-state index is 0.216. The number of nitrogens with zero attached hydrogens (tertiary/aromatic N) is 2. The second-order valence-electron chi connectivity index (χ2n) is 5.00. The van der Waals surface area contributed by atoms with Crippen molar-refractivity contribution < 1.29 is 8.42 Å². The van der Waals surface area contributed by atoms with E-state index in [-0.39, 0.29) is 4.90 Å². The predicted octanol–water partition coefficient (Wildman–Crippen LogP) is 3.38. The van der Waals surface area contributed by atoms with Crippen molar-refractivity contribution in [3.63, 3.8) is 0 Å². The lowest BCUT2D eigenvalue weighted by Crippen LogP contribution is -2.32. The maximum Gasteiger partial charge on any atom is 0.265 e. The molecule has 110 valence electrons. The number of fused-ring (bicyclic) bond motifs is 1. The van der Waals surface area contributed by atoms with Crippen LogP contribution < -0.4 is 4.31 Å². The molecule has 21 heavy (non-hydrogen) atoms. The van der Waals surface area contributed by atoms with Gasteiger partial charge in [-0.2, -0.15) is 0 Å². The lowest BCUT2D eigenvalue weighted by Gasteiger charge is -2.24. The van der Waals surface area contributed by atoms with Crippen LogP contribution in [0.15, 0.2) is 52.1 Å². The van der Waals surface area contributed by atoms with Crippen LogP contribution in [0.1, 0.15) is 18.4 Å². The number of halogens is 1. The van der Waals surface area contributed by atoms with E-state index >= 15 is 0 Å². The molecule has 1 aliphatic rings. The Balaban J connectivity index is 2.11. The molecule has 0 atom stereocenters. The topological polar surface area (TPSA) is 50.3 Å². The van der Waals surface area contributed by atoms with E-state index in [2.05, 4.69) is 20.9 Å². The average Bonchev–Trinajstić information content (AvgIpc) is 2.70. The second-order valence-corrected chi connectivity index (χ2v) is 7.78. The highest BCUT2D eigenvalue weighted by Gasteiger charge is 2.28. The monoisotopic (exact) mass is 366 g/mol. The molecule has 0 aliphatic carbocycles. The van der Waals surface area contributed by atoms with Crippen molar-refractivity contribution in [3.8, 4) is 0 Å². The summed E-state index contributed by atoms with van der Waals surface area (Å²) in [4.78, 5) is 4.19. The van der Waals surface area contributed by atoms with Crippen LogP contribution in [0.4, 0.5) is 5.69 Å². The zero-order valence-electron chi connectivity index (χ0n) is 11.4. The number of rotatable bonds is 2. The minimum Gasteiger partial charge on any atom is -0.266 e. The van der Waals surface area contributed by atoms with E-state index in [0.29, 0.717) is 11.0 Å². The van der Waals surface area contributed by atoms with Crippen LogP contribution >= 0.6 is 15.9 Å². The van der Waals surface area contributed by atoms with Gasteiger partial charge in [0.25, 0.3) is 10.0 Å². The van der Waals surface area contributed by atoms with Crippen LogP contribution in [-0.2, 0) is 16.4 Å². The van der Waals surface area contributed by atoms with Gasteiger partial charge in [0.05, 0.1) is 5.69 Å². The van der Waals surface area contributed by atoms with E-state index in [4.69, 9.17) is 0 Å². The predicted molar refractivity (Wildman–Crippen MR) is 85.8 cm³/mol. The van der Waals surface area contributed by atoms with Gasteiger partial charge in [-0.1, -0.05) is 18.2 Å². The number of para-hydroxylation sites is 1. The molecule has 0 saturated heterocycles. The Morgan fingerprint density at radius 1 is 1.14 bits per heavy atom. The standard InChI is InChI=1S/C15H15BrN2O2S/c16-13-9-14(11-17-10-13)21(19,20)18-8-4-3-6-12-5-1-2-7-15(12)18/h1-2,5,7,9-11H,3-4,6,8H2. The molecule has 0 saturated carbocycles. The molecule has 0 bridgehead atoms. The summed E-state index contributed by atoms with van der Waals surface area (Å²) >= 11 is 3.28. The van der Waals surface area contributed by atoms with Gasteiger partial charge in [-0.15, -0.1) is 0 Å². The van der Waals surface area contributed by atoms with Crippen LogP contribution in [0.25, 0.3) is 0 Å². The van der Waals surface area contributed by atoms with E-state index in [1.807, 2.05) is 24.3 Å². The van der Waals surface area contributed by atoms with E-state index in [1.54, 1.807) is 12.3 Å². The fraction of sp³-hybridized carbons (Fsp3) is 0.267. The summed E-state index contributed by atoms with van der Waals surface area (Å²) in [7, 11) is -3.58. The van der Waals surface area contributed by atoms with Crippen LogP contribution in [0, 0.1) is 0 Å². The Kier molecular flexibility index (Phi) is 3.99. The Morgan fingerprint density at radius 3 is 2.76 bits per heavy atom. The molecule has 2 heterocycles. The van der Waals surface area contributed by atoms with Crippen molar-refractivity contribution in [1.29, 1.82) is 0 Å². The summed E-state index contributed by atoms with van der Waals surface area (Å²) in [5.41, 5.74) is 1.87. The number of benzene rings is 1. The normalized spacial score (nSPS) is 15.4. The number of hydrogen-bond acceptors (Lipinski definition) is 3. The lowest BCUT2D eigenvalue weighted by atomic mass is 10.1. The summed E-state index contributed by atoms with van der Waals surface area (Å²) in [5, 5.41) is 0. The number of pyridine rings is 1. The SMILES string of the molecule is O=S(=O)(c1cncc(Br)c1)N1CCCCc2ccccc21. The van der Waals surface area contributed by atoms with Gasteiger partial charge in [0.15, 0.2) is 0 Å². The first kappa shape index (κ1) is 14.5. The van der Waals surface area contributed by atoms with Crippen molar-refractivity contribution in [3.05, 3.63) is 52.8 Å². The molecule has 0 N–H and O–H groups in total. The fourth-order valence-electron chi connectivity index (χ4n) is 2.57. The molecule has 0 radical (unpaired) electrons. The van der Waals surface area contributed by atoms with Crippen molar-refractivity contribution in [2.75, 3.05) is 10.8 Å². The number of anilines is 1. The zero-order chi connectivity index (χ0) is 14.9. The highest BCUT2D eigenvalue weighted by Crippen LogP contribution is 2.31. The Hall–Kier alpha value is -1.40. The first-order valence-electron chi connectivity index (χ1n) is 6.80. The zero-order valence-corrected chi connectivity index (χ0v) is 13.8. The molecule has 6 heteroatoms. The van der Waals surface area contributed by atoms with Crippen LogP contribution in [-0.4, -0.2) is 19.9 Å². The molecule has 0 spiro atoms. The first-order chi connectivity index (χ1) is 10.1. The van der Waals surface area contributed by atoms with Gasteiger partial charge >= 0.3 is 0 Å². The number of aryl methyl sites for hydroxylation is 1. The third-order valence-corrected chi connectivity index (χ3v) is 5.80. The Labute approximate surface area is 133 Å². The van der Waals surface area contributed by atoms with Gasteiger partial charge < -0.3 is 0 Å². The molecular formula is C15H15BrN2O2S. The third kappa shape index (κ3) is 2.82. The van der Waals surface area contributed by atoms with Gasteiger partial charge in [0.2, 0.25) is 0 Å². The maximum atomic E-state index is 12.9. The van der Waals surface area contributed by atoms with Crippen LogP contribution in [0.5, 0.6) is 0 Å². The summed E-state index contributed by atoms with van der Waals surface area (Å²) in [6.45, 7) is 0.506. The quantitative estimate of drug-likeness (QED) is 0.818. The Morgan fingerprint density at radius 2 is 1.95 bits per heavy atom. The fourth-order valence-corrected chi connectivity index (χ4v) is 4.61. The highest BCUT2D eigenvalue weighted by atomic mass is 79.9. The van der Waals surface area contributed by atoms with Crippen molar-refractivity contribution in [2.45, 2.75) is 24.2 Å². The molecule has 1 aliphatic heterocycles. The summed E-state index contributed by atoms with van der Waals surface area (Å²) < 4.78 is 28.0. The molecule has 0 amide bonds. The molecule has 4 nitrogen and oxygen atoms in total. The average molecular weight is 367 g/mol. The number of sulfonamides is 1. The highest BCUT2D eigenvalue weighted by molar-refractivity contribution is 9.10. The molecule has 1 aromatic heterocycles. The van der Waals surface area contributed by atoms with Crippen molar-refractivity contribution in [1.82, 2.24) is 4.98 Å². The van der Waals surface area contributed by atoms with Gasteiger partial charge in [-0.3, -0.25) is 9.29 Å². The maximum absolute atomic E-state index is 12.9. The number of aromatic nitrogens is 1. The van der Waals surface area contributed by atoms with Gasteiger partial charge in [-0.05, 0) is 52.9 Å². The van der Waals surface area contributed by atoms with E-state index in [9.17, 15) is 8.42 Å². The minimum atomic E-state index is -3.58. The van der Waals surface area contributed by atoms with Crippen LogP contribution in [0.2, 0.25) is 0 Å². The summed E-state index contributed by atoms with van der Waals surface area (Å²) in [6, 6.07) is 9.31. The van der Waals surface area contributed by atoms with Gasteiger partial charge in [0.1, 0.15) is 4.90 Å².